The van der Waals surface area contributed by atoms with E-state index in [1.165, 1.54) is 0 Å². The van der Waals surface area contributed by atoms with Gasteiger partial charge in [0.1, 0.15) is 0 Å². The third kappa shape index (κ3) is 5.60. The van der Waals surface area contributed by atoms with E-state index >= 15 is 0 Å². The van der Waals surface area contributed by atoms with Crippen molar-refractivity contribution in [1.82, 2.24) is 15.1 Å². The summed E-state index contributed by atoms with van der Waals surface area (Å²) < 4.78 is 24.5. The number of nitrogens with one attached hydrogen (secondary N) is 1. The fourth-order valence-electron chi connectivity index (χ4n) is 2.62. The maximum absolute atomic E-state index is 12.3. The van der Waals surface area contributed by atoms with Gasteiger partial charge in [-0.25, -0.2) is 8.42 Å². The van der Waals surface area contributed by atoms with Crippen LogP contribution in [0.4, 0.5) is 0 Å². The Balaban J connectivity index is 1.76. The van der Waals surface area contributed by atoms with E-state index in [0.29, 0.717) is 24.5 Å². The van der Waals surface area contributed by atoms with Crippen molar-refractivity contribution in [1.29, 1.82) is 0 Å². The van der Waals surface area contributed by atoms with E-state index in [4.69, 9.17) is 0 Å². The summed E-state index contributed by atoms with van der Waals surface area (Å²) in [6.45, 7) is 6.69. The largest absolute Gasteiger partial charge is 0.355 e. The second-order valence-corrected chi connectivity index (χ2v) is 7.81. The molecule has 0 unspecified atom stereocenters. The lowest BCUT2D eigenvalue weighted by molar-refractivity contribution is -0.122. The minimum absolute atomic E-state index is 0.0487. The van der Waals surface area contributed by atoms with E-state index in [-0.39, 0.29) is 11.7 Å². The monoisotopic (exact) mass is 339 g/mol. The number of hydrogen-bond acceptors (Lipinski definition) is 5. The Morgan fingerprint density at radius 3 is 2.30 bits per heavy atom. The summed E-state index contributed by atoms with van der Waals surface area (Å²) in [5.74, 6) is 0.181. The normalized spacial score (nSPS) is 17.1. The van der Waals surface area contributed by atoms with Crippen LogP contribution in [0.15, 0.2) is 35.2 Å². The van der Waals surface area contributed by atoms with Crippen molar-refractivity contribution in [3.63, 3.8) is 0 Å². The first-order valence-electron chi connectivity index (χ1n) is 8.00. The molecule has 0 spiro atoms. The van der Waals surface area contributed by atoms with Crippen LogP contribution in [0.5, 0.6) is 0 Å². The molecule has 1 saturated heterocycles. The van der Waals surface area contributed by atoms with Crippen molar-refractivity contribution in [2.24, 2.45) is 0 Å². The number of piperazine rings is 1. The summed E-state index contributed by atoms with van der Waals surface area (Å²) in [5.41, 5.74) is 0. The summed E-state index contributed by atoms with van der Waals surface area (Å²) >= 11 is 0. The van der Waals surface area contributed by atoms with Crippen molar-refractivity contribution in [3.05, 3.63) is 30.3 Å². The quantitative estimate of drug-likeness (QED) is 0.769. The van der Waals surface area contributed by atoms with E-state index < -0.39 is 9.84 Å². The number of hydrogen-bond donors (Lipinski definition) is 1. The first kappa shape index (κ1) is 17.9. The van der Waals surface area contributed by atoms with Gasteiger partial charge in [-0.3, -0.25) is 14.6 Å². The van der Waals surface area contributed by atoms with Gasteiger partial charge in [0, 0.05) is 39.3 Å². The number of amides is 1. The Labute approximate surface area is 138 Å². The summed E-state index contributed by atoms with van der Waals surface area (Å²) in [6, 6.07) is 8.58. The highest BCUT2D eigenvalue weighted by Crippen LogP contribution is 2.11. The van der Waals surface area contributed by atoms with Crippen LogP contribution in [-0.2, 0) is 14.6 Å². The zero-order chi connectivity index (χ0) is 16.7. The van der Waals surface area contributed by atoms with Gasteiger partial charge in [0.2, 0.25) is 5.91 Å². The highest BCUT2D eigenvalue weighted by Gasteiger charge is 2.21. The average Bonchev–Trinajstić information content (AvgIpc) is 2.55. The van der Waals surface area contributed by atoms with Crippen LogP contribution >= 0.6 is 0 Å². The van der Waals surface area contributed by atoms with Crippen LogP contribution in [-0.4, -0.2) is 75.7 Å². The minimum atomic E-state index is -3.22. The van der Waals surface area contributed by atoms with E-state index in [0.717, 1.165) is 26.2 Å². The number of benzene rings is 1. The Morgan fingerprint density at radius 2 is 1.70 bits per heavy atom. The maximum Gasteiger partial charge on any atom is 0.234 e. The highest BCUT2D eigenvalue weighted by molar-refractivity contribution is 7.91. The molecule has 0 radical (unpaired) electrons. The molecule has 1 aliphatic heterocycles. The first-order valence-corrected chi connectivity index (χ1v) is 9.65. The molecule has 1 aliphatic rings. The van der Waals surface area contributed by atoms with Crippen LogP contribution in [0, 0.1) is 0 Å². The molecule has 1 heterocycles. The summed E-state index contributed by atoms with van der Waals surface area (Å²) in [4.78, 5) is 16.2. The summed E-state index contributed by atoms with van der Waals surface area (Å²) in [7, 11) is -3.22. The third-order valence-electron chi connectivity index (χ3n) is 3.98. The van der Waals surface area contributed by atoms with Gasteiger partial charge in [0.25, 0.3) is 0 Å². The lowest BCUT2D eigenvalue weighted by Gasteiger charge is -2.34. The molecule has 1 aromatic carbocycles. The molecular weight excluding hydrogens is 314 g/mol. The molecule has 2 rings (SSSR count). The van der Waals surface area contributed by atoms with Crippen LogP contribution in [0.25, 0.3) is 0 Å². The predicted octanol–water partition coefficient (Wildman–Crippen LogP) is 0.214. The molecule has 0 atom stereocenters. The molecule has 0 aliphatic carbocycles. The molecule has 7 heteroatoms. The Bertz CT molecular complexity index is 596. The van der Waals surface area contributed by atoms with Crippen molar-refractivity contribution < 1.29 is 13.2 Å². The summed E-state index contributed by atoms with van der Waals surface area (Å²) in [6.07, 6.45) is 0. The lowest BCUT2D eigenvalue weighted by Crippen LogP contribution is -2.50. The van der Waals surface area contributed by atoms with Gasteiger partial charge in [-0.2, -0.15) is 0 Å². The SMILES string of the molecule is CCNC(=O)CN1CCN(CCS(=O)(=O)c2ccccc2)CC1. The lowest BCUT2D eigenvalue weighted by atomic mass is 10.3. The van der Waals surface area contributed by atoms with Crippen molar-refractivity contribution >= 4 is 15.7 Å². The predicted molar refractivity (Wildman–Crippen MR) is 90.1 cm³/mol. The average molecular weight is 339 g/mol. The number of sulfone groups is 1. The zero-order valence-electron chi connectivity index (χ0n) is 13.6. The van der Waals surface area contributed by atoms with Gasteiger partial charge in [0.15, 0.2) is 9.84 Å². The maximum atomic E-state index is 12.3. The van der Waals surface area contributed by atoms with E-state index in [1.807, 2.05) is 13.0 Å². The van der Waals surface area contributed by atoms with Crippen LogP contribution < -0.4 is 5.32 Å². The highest BCUT2D eigenvalue weighted by atomic mass is 32.2. The fourth-order valence-corrected chi connectivity index (χ4v) is 3.93. The molecule has 1 N–H and O–H groups in total. The molecule has 23 heavy (non-hydrogen) atoms. The van der Waals surface area contributed by atoms with E-state index in [2.05, 4.69) is 15.1 Å². The van der Waals surface area contributed by atoms with Crippen LogP contribution in [0.3, 0.4) is 0 Å². The second-order valence-electron chi connectivity index (χ2n) is 5.70. The number of rotatable bonds is 7. The molecule has 1 aromatic rings. The van der Waals surface area contributed by atoms with Crippen LogP contribution in [0.1, 0.15) is 6.92 Å². The third-order valence-corrected chi connectivity index (χ3v) is 5.70. The number of nitrogens with zero attached hydrogens (tertiary/aromatic N) is 2. The standard InChI is InChI=1S/C16H25N3O3S/c1-2-17-16(20)14-19-10-8-18(9-11-19)12-13-23(21,22)15-6-4-3-5-7-15/h3-7H,2,8-14H2,1H3,(H,17,20). The van der Waals surface area contributed by atoms with E-state index in [9.17, 15) is 13.2 Å². The van der Waals surface area contributed by atoms with Gasteiger partial charge in [-0.05, 0) is 19.1 Å². The molecule has 128 valence electrons. The number of carbonyl (C=O) groups is 1. The Morgan fingerprint density at radius 1 is 1.09 bits per heavy atom. The van der Waals surface area contributed by atoms with Crippen molar-refractivity contribution in [3.8, 4) is 0 Å². The van der Waals surface area contributed by atoms with E-state index in [1.54, 1.807) is 24.3 Å². The molecule has 0 aromatic heterocycles. The zero-order valence-corrected chi connectivity index (χ0v) is 14.4. The molecule has 0 bridgehead atoms. The first-order chi connectivity index (χ1) is 11.0. The van der Waals surface area contributed by atoms with Crippen molar-refractivity contribution in [2.45, 2.75) is 11.8 Å². The fraction of sp³-hybridized carbons (Fsp3) is 0.562. The van der Waals surface area contributed by atoms with Crippen molar-refractivity contribution in [2.75, 3.05) is 51.6 Å². The number of likely N-dealkylation sites (N-methyl/N-ethyl adjacent to an activating group) is 1. The topological polar surface area (TPSA) is 69.7 Å². The Hall–Kier alpha value is -1.44. The molecular formula is C16H25N3O3S. The van der Waals surface area contributed by atoms with Gasteiger partial charge < -0.3 is 5.32 Å². The Kier molecular flexibility index (Phi) is 6.56. The minimum Gasteiger partial charge on any atom is -0.355 e. The molecule has 0 saturated carbocycles. The molecule has 1 amide bonds. The molecule has 1 fully saturated rings. The van der Waals surface area contributed by atoms with Gasteiger partial charge in [0.05, 0.1) is 17.2 Å². The number of carbonyl (C=O) groups excluding carboxylic acids is 1. The smallest absolute Gasteiger partial charge is 0.234 e. The summed E-state index contributed by atoms with van der Waals surface area (Å²) in [5, 5.41) is 2.79. The molecule has 6 nitrogen and oxygen atoms in total. The second kappa shape index (κ2) is 8.42. The van der Waals surface area contributed by atoms with Gasteiger partial charge in [-0.1, -0.05) is 18.2 Å². The van der Waals surface area contributed by atoms with Gasteiger partial charge in [-0.15, -0.1) is 0 Å². The van der Waals surface area contributed by atoms with Crippen LogP contribution in [0.2, 0.25) is 0 Å². The van der Waals surface area contributed by atoms with Gasteiger partial charge >= 0.3 is 0 Å².